The van der Waals surface area contributed by atoms with Crippen LogP contribution in [0.25, 0.3) is 0 Å². The fourth-order valence-corrected chi connectivity index (χ4v) is 0.959. The summed E-state index contributed by atoms with van der Waals surface area (Å²) in [6.07, 6.45) is 1.34. The second-order valence-corrected chi connectivity index (χ2v) is 2.17. The van der Waals surface area contributed by atoms with Crippen LogP contribution in [0.5, 0.6) is 0 Å². The predicted octanol–water partition coefficient (Wildman–Crippen LogP) is -1.98. The lowest BCUT2D eigenvalue weighted by atomic mass is 10.5. The smallest absolute Gasteiger partial charge is 0.278 e. The molecule has 0 unspecified atom stereocenters. The van der Waals surface area contributed by atoms with E-state index < -0.39 is 0 Å². The zero-order valence-electron chi connectivity index (χ0n) is 5.74. The molecule has 5 heteroatoms. The third kappa shape index (κ3) is 0.938. The van der Waals surface area contributed by atoms with Crippen LogP contribution in [0, 0.1) is 0 Å². The summed E-state index contributed by atoms with van der Waals surface area (Å²) in [5.74, 6) is 0. The summed E-state index contributed by atoms with van der Waals surface area (Å²) in [7, 11) is 0. The Morgan fingerprint density at radius 1 is 1.36 bits per heavy atom. The van der Waals surface area contributed by atoms with Gasteiger partial charge in [0.2, 0.25) is 0 Å². The average Bonchev–Trinajstić information content (AvgIpc) is 2.06. The number of fused-ring (bicyclic) bond motifs is 1. The molecule has 0 saturated carbocycles. The highest BCUT2D eigenvalue weighted by Gasteiger charge is 1.98. The van der Waals surface area contributed by atoms with Crippen molar-refractivity contribution in [1.29, 1.82) is 0 Å². The van der Waals surface area contributed by atoms with E-state index in [2.05, 4.69) is 20.0 Å². The van der Waals surface area contributed by atoms with Gasteiger partial charge in [0.25, 0.3) is 5.56 Å². The fraction of sp³-hybridized carbons (Fsp3) is 0.333. The minimum atomic E-state index is -0.210. The van der Waals surface area contributed by atoms with Crippen molar-refractivity contribution in [3.8, 4) is 0 Å². The number of nitrogens with one attached hydrogen (secondary N) is 1. The summed E-state index contributed by atoms with van der Waals surface area (Å²) >= 11 is 0. The van der Waals surface area contributed by atoms with E-state index in [-0.39, 0.29) is 5.56 Å². The maximum Gasteiger partial charge on any atom is 0.278 e. The Kier molecular flexibility index (Phi) is 1.28. The molecule has 1 aliphatic rings. The van der Waals surface area contributed by atoms with E-state index in [1.165, 1.54) is 6.33 Å². The molecule has 0 radical (unpaired) electrons. The van der Waals surface area contributed by atoms with E-state index >= 15 is 0 Å². The molecular weight excluding hydrogens is 144 g/mol. The van der Waals surface area contributed by atoms with Gasteiger partial charge in [-0.1, -0.05) is 0 Å². The Morgan fingerprint density at radius 2 is 2.18 bits per heavy atom. The molecule has 56 valence electrons. The van der Waals surface area contributed by atoms with Gasteiger partial charge in [0.1, 0.15) is 0 Å². The van der Waals surface area contributed by atoms with Gasteiger partial charge in [0.05, 0.1) is 19.4 Å². The summed E-state index contributed by atoms with van der Waals surface area (Å²) in [5.41, 5.74) is 0.249. The molecule has 2 rings (SSSR count). The average molecular weight is 150 g/mol. The van der Waals surface area contributed by atoms with E-state index in [1.807, 2.05) is 0 Å². The number of hydrogen-bond acceptors (Lipinski definition) is 4. The van der Waals surface area contributed by atoms with E-state index in [0.717, 1.165) is 0 Å². The van der Waals surface area contributed by atoms with Crippen molar-refractivity contribution in [2.45, 2.75) is 0 Å². The SMILES string of the molecule is O=c1[nH]cnc2c1=NCCN=2. The van der Waals surface area contributed by atoms with E-state index in [9.17, 15) is 4.79 Å². The summed E-state index contributed by atoms with van der Waals surface area (Å²) in [6.45, 7) is 1.21. The normalized spacial score (nSPS) is 14.5. The fourth-order valence-electron chi connectivity index (χ4n) is 0.959. The quantitative estimate of drug-likeness (QED) is 0.465. The van der Waals surface area contributed by atoms with E-state index in [1.54, 1.807) is 0 Å². The Hall–Kier alpha value is -1.52. The van der Waals surface area contributed by atoms with Crippen LogP contribution in [0.15, 0.2) is 21.1 Å². The van der Waals surface area contributed by atoms with Crippen LogP contribution in [-0.2, 0) is 0 Å². The molecule has 0 aliphatic carbocycles. The number of nitrogens with zero attached hydrogens (tertiary/aromatic N) is 3. The predicted molar refractivity (Wildman–Crippen MR) is 36.9 cm³/mol. The minimum Gasteiger partial charge on any atom is -0.311 e. The van der Waals surface area contributed by atoms with Crippen LogP contribution in [0.4, 0.5) is 0 Å². The second-order valence-electron chi connectivity index (χ2n) is 2.17. The van der Waals surface area contributed by atoms with Crippen LogP contribution >= 0.6 is 0 Å². The number of aromatic amines is 1. The van der Waals surface area contributed by atoms with Crippen LogP contribution in [0.2, 0.25) is 0 Å². The summed E-state index contributed by atoms with van der Waals surface area (Å²) < 4.78 is 0. The second kappa shape index (κ2) is 2.26. The van der Waals surface area contributed by atoms with Crippen molar-refractivity contribution in [1.82, 2.24) is 9.97 Å². The molecule has 2 heterocycles. The molecule has 0 fully saturated rings. The summed E-state index contributed by atoms with van der Waals surface area (Å²) in [4.78, 5) is 25.3. The lowest BCUT2D eigenvalue weighted by Gasteiger charge is -1.94. The van der Waals surface area contributed by atoms with Crippen LogP contribution in [-0.4, -0.2) is 23.1 Å². The first-order chi connectivity index (χ1) is 5.38. The zero-order chi connectivity index (χ0) is 7.68. The van der Waals surface area contributed by atoms with Gasteiger partial charge in [-0.05, 0) is 0 Å². The first-order valence-corrected chi connectivity index (χ1v) is 3.30. The molecule has 1 aromatic rings. The molecule has 0 aromatic carbocycles. The van der Waals surface area contributed by atoms with E-state index in [4.69, 9.17) is 0 Å². The van der Waals surface area contributed by atoms with Gasteiger partial charge in [-0.2, -0.15) is 0 Å². The molecule has 0 bridgehead atoms. The number of hydrogen-bond donors (Lipinski definition) is 1. The Morgan fingerprint density at radius 3 is 3.00 bits per heavy atom. The van der Waals surface area contributed by atoms with Crippen molar-refractivity contribution in [3.05, 3.63) is 27.5 Å². The summed E-state index contributed by atoms with van der Waals surface area (Å²) in [6, 6.07) is 0. The van der Waals surface area contributed by atoms with Crippen molar-refractivity contribution < 1.29 is 0 Å². The molecule has 1 aromatic heterocycles. The van der Waals surface area contributed by atoms with Gasteiger partial charge in [0.15, 0.2) is 10.8 Å². The topological polar surface area (TPSA) is 70.5 Å². The highest BCUT2D eigenvalue weighted by molar-refractivity contribution is 4.83. The molecule has 1 aliphatic heterocycles. The zero-order valence-corrected chi connectivity index (χ0v) is 5.74. The largest absolute Gasteiger partial charge is 0.311 e. The lowest BCUT2D eigenvalue weighted by molar-refractivity contribution is 0.808. The van der Waals surface area contributed by atoms with Crippen LogP contribution in [0.1, 0.15) is 0 Å². The molecule has 11 heavy (non-hydrogen) atoms. The van der Waals surface area contributed by atoms with Crippen molar-refractivity contribution in [3.63, 3.8) is 0 Å². The van der Waals surface area contributed by atoms with Gasteiger partial charge >= 0.3 is 0 Å². The van der Waals surface area contributed by atoms with Crippen molar-refractivity contribution in [2.24, 2.45) is 9.98 Å². The Bertz CT molecular complexity index is 433. The standard InChI is InChI=1S/C6H6N4O/c11-6-4-5(9-3-10-6)8-2-1-7-4/h3H,1-2H2,(H,8,9,10,11). The first kappa shape index (κ1) is 6.21. The molecule has 0 amide bonds. The molecular formula is C6H6N4O. The third-order valence-corrected chi connectivity index (χ3v) is 1.44. The van der Waals surface area contributed by atoms with Gasteiger partial charge in [-0.15, -0.1) is 0 Å². The number of H-pyrrole nitrogens is 1. The monoisotopic (exact) mass is 150 g/mol. The first-order valence-electron chi connectivity index (χ1n) is 3.30. The number of rotatable bonds is 0. The van der Waals surface area contributed by atoms with Gasteiger partial charge in [-0.3, -0.25) is 14.8 Å². The van der Waals surface area contributed by atoms with Gasteiger partial charge < -0.3 is 4.98 Å². The Balaban J connectivity index is 3.00. The maximum atomic E-state index is 11.0. The van der Waals surface area contributed by atoms with E-state index in [0.29, 0.717) is 23.9 Å². The molecule has 0 saturated heterocycles. The van der Waals surface area contributed by atoms with Crippen LogP contribution < -0.4 is 16.4 Å². The Labute approximate surface area is 61.5 Å². The number of aromatic nitrogens is 2. The molecule has 1 N–H and O–H groups in total. The molecule has 5 nitrogen and oxygen atoms in total. The highest BCUT2D eigenvalue weighted by atomic mass is 16.1. The minimum absolute atomic E-state index is 0.210. The van der Waals surface area contributed by atoms with Crippen molar-refractivity contribution >= 4 is 0 Å². The van der Waals surface area contributed by atoms with Crippen LogP contribution in [0.3, 0.4) is 0 Å². The molecule has 0 atom stereocenters. The maximum absolute atomic E-state index is 11.0. The molecule has 0 spiro atoms. The highest BCUT2D eigenvalue weighted by Crippen LogP contribution is 1.71. The van der Waals surface area contributed by atoms with Gasteiger partial charge in [0, 0.05) is 0 Å². The third-order valence-electron chi connectivity index (χ3n) is 1.44. The van der Waals surface area contributed by atoms with Crippen molar-refractivity contribution in [2.75, 3.05) is 13.1 Å². The van der Waals surface area contributed by atoms with Gasteiger partial charge in [-0.25, -0.2) is 4.98 Å². The summed E-state index contributed by atoms with van der Waals surface area (Å²) in [5, 5.41) is 0.360. The lowest BCUT2D eigenvalue weighted by Crippen LogP contribution is -2.45.